The fraction of sp³-hybridized carbons (Fsp3) is 0.838. The Morgan fingerprint density at radius 1 is 0.548 bits per heavy atom. The van der Waals surface area contributed by atoms with Crippen molar-refractivity contribution in [1.29, 1.82) is 0 Å². The second-order valence-corrected chi connectivity index (χ2v) is 12.3. The smallest absolute Gasteiger partial charge is 0.306 e. The van der Waals surface area contributed by atoms with E-state index in [4.69, 9.17) is 9.47 Å². The molecule has 0 aliphatic carbocycles. The van der Waals surface area contributed by atoms with Crippen molar-refractivity contribution in [3.63, 3.8) is 0 Å². The van der Waals surface area contributed by atoms with Gasteiger partial charge in [0.25, 0.3) is 0 Å². The summed E-state index contributed by atoms with van der Waals surface area (Å²) < 4.78 is 11.1. The van der Waals surface area contributed by atoms with Crippen molar-refractivity contribution < 1.29 is 19.1 Å². The maximum atomic E-state index is 12.4. The van der Waals surface area contributed by atoms with Crippen LogP contribution >= 0.6 is 0 Å². The fourth-order valence-corrected chi connectivity index (χ4v) is 5.01. The normalized spacial score (nSPS) is 12.5. The molecule has 0 bridgehead atoms. The van der Waals surface area contributed by atoms with Crippen LogP contribution in [0.15, 0.2) is 24.3 Å². The molecular weight excluding hydrogens is 522 g/mol. The lowest BCUT2D eigenvalue weighted by Crippen LogP contribution is -2.34. The highest BCUT2D eigenvalue weighted by Crippen LogP contribution is 2.12. The number of esters is 2. The van der Waals surface area contributed by atoms with Crippen LogP contribution in [0.4, 0.5) is 0 Å². The van der Waals surface area contributed by atoms with Gasteiger partial charge in [-0.3, -0.25) is 9.59 Å². The van der Waals surface area contributed by atoms with E-state index in [2.05, 4.69) is 38.2 Å². The summed E-state index contributed by atoms with van der Waals surface area (Å²) in [5, 5.41) is 0. The first-order chi connectivity index (χ1) is 20.5. The second kappa shape index (κ2) is 32.3. The van der Waals surface area contributed by atoms with E-state index < -0.39 is 6.10 Å². The predicted octanol–water partition coefficient (Wildman–Crippen LogP) is 10.5. The molecule has 0 aliphatic rings. The van der Waals surface area contributed by atoms with Gasteiger partial charge < -0.3 is 14.4 Å². The first-order valence-corrected chi connectivity index (χ1v) is 17.8. The molecular formula is C37H69NO4. The van der Waals surface area contributed by atoms with Crippen molar-refractivity contribution in [2.45, 2.75) is 174 Å². The van der Waals surface area contributed by atoms with E-state index in [1.165, 1.54) is 96.3 Å². The molecule has 0 heterocycles. The van der Waals surface area contributed by atoms with Crippen LogP contribution in [-0.2, 0) is 19.1 Å². The molecule has 0 aromatic rings. The van der Waals surface area contributed by atoms with E-state index in [1.54, 1.807) is 0 Å². The first-order valence-electron chi connectivity index (χ1n) is 17.8. The van der Waals surface area contributed by atoms with Gasteiger partial charge in [-0.15, -0.1) is 0 Å². The number of hydrogen-bond donors (Lipinski definition) is 0. The predicted molar refractivity (Wildman–Crippen MR) is 180 cm³/mol. The molecule has 0 aromatic heterocycles. The van der Waals surface area contributed by atoms with Gasteiger partial charge in [0.15, 0.2) is 0 Å². The minimum Gasteiger partial charge on any atom is -0.462 e. The van der Waals surface area contributed by atoms with Crippen LogP contribution in [-0.4, -0.2) is 50.2 Å². The molecule has 1 atom stereocenters. The first kappa shape index (κ1) is 40.4. The van der Waals surface area contributed by atoms with E-state index >= 15 is 0 Å². The van der Waals surface area contributed by atoms with E-state index in [-0.39, 0.29) is 18.5 Å². The monoisotopic (exact) mass is 592 g/mol. The van der Waals surface area contributed by atoms with Crippen molar-refractivity contribution in [3.8, 4) is 0 Å². The highest BCUT2D eigenvalue weighted by molar-refractivity contribution is 5.70. The van der Waals surface area contributed by atoms with E-state index in [0.29, 0.717) is 19.4 Å². The summed E-state index contributed by atoms with van der Waals surface area (Å²) in [5.74, 6) is -0.373. The zero-order chi connectivity index (χ0) is 30.9. The Morgan fingerprint density at radius 3 is 1.36 bits per heavy atom. The van der Waals surface area contributed by atoms with Crippen LogP contribution in [0, 0.1) is 0 Å². The minimum atomic E-state index is -0.412. The Labute approximate surface area is 261 Å². The highest BCUT2D eigenvalue weighted by Gasteiger charge is 2.18. The number of rotatable bonds is 31. The number of ether oxygens (including phenoxy) is 2. The van der Waals surface area contributed by atoms with Crippen molar-refractivity contribution >= 4 is 11.9 Å². The summed E-state index contributed by atoms with van der Waals surface area (Å²) in [5.41, 5.74) is 0. The van der Waals surface area contributed by atoms with Gasteiger partial charge in [0.1, 0.15) is 12.7 Å². The van der Waals surface area contributed by atoms with Crippen molar-refractivity contribution in [2.75, 3.05) is 27.2 Å². The summed E-state index contributed by atoms with van der Waals surface area (Å²) >= 11 is 0. The summed E-state index contributed by atoms with van der Waals surface area (Å²) in [6.45, 7) is 5.19. The largest absolute Gasteiger partial charge is 0.462 e. The Bertz CT molecular complexity index is 658. The second-order valence-electron chi connectivity index (χ2n) is 12.3. The molecule has 0 aliphatic heterocycles. The van der Waals surface area contributed by atoms with Gasteiger partial charge in [0.2, 0.25) is 0 Å². The van der Waals surface area contributed by atoms with Crippen LogP contribution in [0.2, 0.25) is 0 Å². The summed E-state index contributed by atoms with van der Waals surface area (Å²) in [6, 6.07) is 0. The van der Waals surface area contributed by atoms with Crippen LogP contribution < -0.4 is 0 Å². The fourth-order valence-electron chi connectivity index (χ4n) is 5.01. The standard InChI is InChI=1S/C37H69NO4/c1-5-7-9-11-13-15-17-19-21-23-25-27-29-31-36(39)41-34-35(33-38(3)4)42-37(40)32-30-28-26-24-22-20-18-16-14-12-10-8-6-2/h15-18,35H,5-14,19-34H2,1-4H3/b17-15-,18-16-. The number of unbranched alkanes of at least 4 members (excludes halogenated alkanes) is 18. The Kier molecular flexibility index (Phi) is 31.1. The van der Waals surface area contributed by atoms with Crippen LogP contribution in [0.25, 0.3) is 0 Å². The van der Waals surface area contributed by atoms with Crippen LogP contribution in [0.3, 0.4) is 0 Å². The molecule has 246 valence electrons. The van der Waals surface area contributed by atoms with Gasteiger partial charge in [-0.1, -0.05) is 115 Å². The minimum absolute atomic E-state index is 0.139. The van der Waals surface area contributed by atoms with Crippen molar-refractivity contribution in [3.05, 3.63) is 24.3 Å². The SMILES string of the molecule is CCCCCC/C=C\CCCCCCCC(=O)OCC(CN(C)C)OC(=O)CCCCCCC/C=C\CCCCCC. The number of hydrogen-bond acceptors (Lipinski definition) is 5. The Balaban J connectivity index is 3.83. The lowest BCUT2D eigenvalue weighted by atomic mass is 10.1. The van der Waals surface area contributed by atoms with Crippen molar-refractivity contribution in [2.24, 2.45) is 0 Å². The molecule has 0 saturated heterocycles. The van der Waals surface area contributed by atoms with Crippen molar-refractivity contribution in [1.82, 2.24) is 4.90 Å². The molecule has 0 aromatic carbocycles. The average Bonchev–Trinajstić information content (AvgIpc) is 2.96. The Morgan fingerprint density at radius 2 is 0.929 bits per heavy atom. The third-order valence-electron chi connectivity index (χ3n) is 7.58. The number of carbonyl (C=O) groups excluding carboxylic acids is 2. The zero-order valence-electron chi connectivity index (χ0n) is 28.4. The summed E-state index contributed by atoms with van der Waals surface area (Å²) in [7, 11) is 3.88. The number of nitrogens with zero attached hydrogens (tertiary/aromatic N) is 1. The molecule has 0 saturated carbocycles. The molecule has 0 fully saturated rings. The maximum absolute atomic E-state index is 12.4. The average molecular weight is 592 g/mol. The lowest BCUT2D eigenvalue weighted by Gasteiger charge is -2.21. The highest BCUT2D eigenvalue weighted by atomic mass is 16.6. The number of allylic oxidation sites excluding steroid dienone is 4. The number of likely N-dealkylation sites (N-methyl/N-ethyl adjacent to an activating group) is 1. The van der Waals surface area contributed by atoms with Gasteiger partial charge in [-0.25, -0.2) is 0 Å². The molecule has 1 unspecified atom stereocenters. The van der Waals surface area contributed by atoms with E-state index in [9.17, 15) is 9.59 Å². The van der Waals surface area contributed by atoms with Gasteiger partial charge >= 0.3 is 11.9 Å². The van der Waals surface area contributed by atoms with Gasteiger partial charge in [0, 0.05) is 19.4 Å². The molecule has 0 amide bonds. The topological polar surface area (TPSA) is 55.8 Å². The van der Waals surface area contributed by atoms with Gasteiger partial charge in [0.05, 0.1) is 0 Å². The zero-order valence-corrected chi connectivity index (χ0v) is 28.4. The van der Waals surface area contributed by atoms with Gasteiger partial charge in [-0.05, 0) is 78.3 Å². The molecule has 0 spiro atoms. The summed E-state index contributed by atoms with van der Waals surface area (Å²) in [4.78, 5) is 26.6. The third-order valence-corrected chi connectivity index (χ3v) is 7.58. The van der Waals surface area contributed by atoms with Crippen LogP contribution in [0.5, 0.6) is 0 Å². The third kappa shape index (κ3) is 31.3. The quantitative estimate of drug-likeness (QED) is 0.0456. The van der Waals surface area contributed by atoms with E-state index in [0.717, 1.165) is 44.9 Å². The van der Waals surface area contributed by atoms with Gasteiger partial charge in [-0.2, -0.15) is 0 Å². The molecule has 0 rings (SSSR count). The maximum Gasteiger partial charge on any atom is 0.306 e. The molecule has 0 N–H and O–H groups in total. The van der Waals surface area contributed by atoms with Crippen LogP contribution in [0.1, 0.15) is 168 Å². The molecule has 42 heavy (non-hydrogen) atoms. The Hall–Kier alpha value is -1.62. The number of carbonyl (C=O) groups is 2. The molecule has 5 nitrogen and oxygen atoms in total. The molecule has 0 radical (unpaired) electrons. The molecule has 5 heteroatoms. The summed E-state index contributed by atoms with van der Waals surface area (Å²) in [6.07, 6.45) is 36.2. The van der Waals surface area contributed by atoms with E-state index in [1.807, 2.05) is 19.0 Å². The lowest BCUT2D eigenvalue weighted by molar-refractivity contribution is -0.160.